The van der Waals surface area contributed by atoms with Gasteiger partial charge in [-0.3, -0.25) is 4.98 Å². The zero-order valence-electron chi connectivity index (χ0n) is 8.23. The molecule has 2 nitrogen and oxygen atoms in total. The van der Waals surface area contributed by atoms with Gasteiger partial charge in [0.05, 0.1) is 14.0 Å². The summed E-state index contributed by atoms with van der Waals surface area (Å²) in [5.41, 5.74) is 1.87. The first kappa shape index (κ1) is 12.3. The highest BCUT2D eigenvalue weighted by atomic mass is 127. The number of thiophene rings is 1. The topological polar surface area (TPSA) is 33.1 Å². The van der Waals surface area contributed by atoms with E-state index in [0.29, 0.717) is 11.4 Å². The summed E-state index contributed by atoms with van der Waals surface area (Å²) in [5.74, 6) is 0. The normalized spacial score (nSPS) is 12.7. The third-order valence-corrected chi connectivity index (χ3v) is 4.39. The van der Waals surface area contributed by atoms with Crippen molar-refractivity contribution in [3.8, 4) is 0 Å². The first-order valence-electron chi connectivity index (χ1n) is 4.67. The zero-order valence-corrected chi connectivity index (χ0v) is 12.0. The second-order valence-corrected chi connectivity index (χ2v) is 6.58. The molecular weight excluding hydrogens is 357 g/mol. The Balaban J connectivity index is 2.13. The maximum atomic E-state index is 10.0. The molecule has 84 valence electrons. The van der Waals surface area contributed by atoms with Crippen molar-refractivity contribution in [2.45, 2.75) is 12.5 Å². The van der Waals surface area contributed by atoms with E-state index in [9.17, 15) is 5.11 Å². The minimum Gasteiger partial charge on any atom is -0.388 e. The first-order chi connectivity index (χ1) is 7.66. The first-order valence-corrected chi connectivity index (χ1v) is 7.01. The Morgan fingerprint density at radius 3 is 3.00 bits per heavy atom. The highest BCUT2D eigenvalue weighted by molar-refractivity contribution is 14.1. The summed E-state index contributed by atoms with van der Waals surface area (Å²) in [4.78, 5) is 3.92. The molecule has 5 heteroatoms. The molecule has 16 heavy (non-hydrogen) atoms. The van der Waals surface area contributed by atoms with Crippen LogP contribution in [-0.2, 0) is 6.42 Å². The number of aromatic nitrogens is 1. The lowest BCUT2D eigenvalue weighted by Gasteiger charge is -2.09. The maximum Gasteiger partial charge on any atom is 0.0839 e. The predicted molar refractivity (Wildman–Crippen MR) is 74.9 cm³/mol. The second kappa shape index (κ2) is 5.44. The fourth-order valence-electron chi connectivity index (χ4n) is 1.39. The van der Waals surface area contributed by atoms with Crippen molar-refractivity contribution in [1.29, 1.82) is 0 Å². The average Bonchev–Trinajstić information content (AvgIpc) is 2.68. The minimum absolute atomic E-state index is 0.500. The summed E-state index contributed by atoms with van der Waals surface area (Å²) in [5, 5.41) is 12.6. The van der Waals surface area contributed by atoms with Gasteiger partial charge in [0.25, 0.3) is 0 Å². The van der Waals surface area contributed by atoms with E-state index in [1.165, 1.54) is 2.88 Å². The number of hydrogen-bond donors (Lipinski definition) is 1. The van der Waals surface area contributed by atoms with E-state index >= 15 is 0 Å². The molecule has 2 aromatic rings. The Labute approximate surface area is 116 Å². The van der Waals surface area contributed by atoms with E-state index in [1.807, 2.05) is 17.5 Å². The summed E-state index contributed by atoms with van der Waals surface area (Å²) in [6.07, 6.45) is 3.31. The van der Waals surface area contributed by atoms with Gasteiger partial charge in [-0.2, -0.15) is 0 Å². The van der Waals surface area contributed by atoms with Gasteiger partial charge in [-0.05, 0) is 51.2 Å². The summed E-state index contributed by atoms with van der Waals surface area (Å²) >= 11 is 9.86. The lowest BCUT2D eigenvalue weighted by atomic mass is 10.1. The van der Waals surface area contributed by atoms with Gasteiger partial charge in [-0.25, -0.2) is 0 Å². The van der Waals surface area contributed by atoms with Crippen LogP contribution in [-0.4, -0.2) is 10.1 Å². The molecule has 0 aliphatic heterocycles. The third-order valence-electron chi connectivity index (χ3n) is 2.24. The number of nitrogens with zero attached hydrogens (tertiary/aromatic N) is 1. The van der Waals surface area contributed by atoms with Gasteiger partial charge < -0.3 is 5.11 Å². The molecule has 1 atom stereocenters. The van der Waals surface area contributed by atoms with Gasteiger partial charge >= 0.3 is 0 Å². The van der Waals surface area contributed by atoms with Crippen molar-refractivity contribution >= 4 is 45.5 Å². The van der Waals surface area contributed by atoms with Gasteiger partial charge in [0, 0.05) is 18.8 Å². The van der Waals surface area contributed by atoms with Crippen LogP contribution in [0.1, 0.15) is 17.2 Å². The summed E-state index contributed by atoms with van der Waals surface area (Å²) in [6, 6.07) is 3.83. The SMILES string of the molecule is OC(Cc1ccncc1Cl)c1csc(I)c1. The van der Waals surface area contributed by atoms with Crippen molar-refractivity contribution in [2.24, 2.45) is 0 Å². The van der Waals surface area contributed by atoms with E-state index in [2.05, 4.69) is 27.6 Å². The molecular formula is C11H9ClINOS. The molecule has 0 saturated carbocycles. The Bertz CT molecular complexity index is 488. The van der Waals surface area contributed by atoms with Crippen molar-refractivity contribution in [1.82, 2.24) is 4.98 Å². The van der Waals surface area contributed by atoms with Crippen molar-refractivity contribution in [3.63, 3.8) is 0 Å². The van der Waals surface area contributed by atoms with E-state index in [1.54, 1.807) is 23.7 Å². The molecule has 2 rings (SSSR count). The van der Waals surface area contributed by atoms with Crippen molar-refractivity contribution in [3.05, 3.63) is 48.9 Å². The Kier molecular flexibility index (Phi) is 4.18. The lowest BCUT2D eigenvalue weighted by Crippen LogP contribution is -2.01. The van der Waals surface area contributed by atoms with Crippen molar-refractivity contribution in [2.75, 3.05) is 0 Å². The molecule has 1 unspecified atom stereocenters. The molecule has 1 N–H and O–H groups in total. The summed E-state index contributed by atoms with van der Waals surface area (Å²) in [7, 11) is 0. The molecule has 0 aliphatic rings. The highest BCUT2D eigenvalue weighted by Crippen LogP contribution is 2.26. The van der Waals surface area contributed by atoms with Crippen LogP contribution in [0.3, 0.4) is 0 Å². The Hall–Kier alpha value is -0.170. The number of halogens is 2. The van der Waals surface area contributed by atoms with E-state index in [0.717, 1.165) is 11.1 Å². The van der Waals surface area contributed by atoms with Crippen LogP contribution >= 0.6 is 45.5 Å². The van der Waals surface area contributed by atoms with Gasteiger partial charge in [-0.15, -0.1) is 11.3 Å². The predicted octanol–water partition coefficient (Wildman–Crippen LogP) is 3.68. The van der Waals surface area contributed by atoms with Gasteiger partial charge in [0.1, 0.15) is 0 Å². The van der Waals surface area contributed by atoms with Crippen LogP contribution in [0.15, 0.2) is 29.9 Å². The van der Waals surface area contributed by atoms with Crippen LogP contribution in [0.2, 0.25) is 5.02 Å². The molecule has 0 bridgehead atoms. The van der Waals surface area contributed by atoms with E-state index in [-0.39, 0.29) is 0 Å². The summed E-state index contributed by atoms with van der Waals surface area (Å²) in [6.45, 7) is 0. The monoisotopic (exact) mass is 365 g/mol. The van der Waals surface area contributed by atoms with Crippen LogP contribution in [0.5, 0.6) is 0 Å². The van der Waals surface area contributed by atoms with Crippen LogP contribution in [0, 0.1) is 2.88 Å². The molecule has 0 saturated heterocycles. The van der Waals surface area contributed by atoms with Crippen LogP contribution in [0.4, 0.5) is 0 Å². The number of pyridine rings is 1. The minimum atomic E-state index is -0.500. The maximum absolute atomic E-state index is 10.0. The average molecular weight is 366 g/mol. The molecule has 2 aromatic heterocycles. The fourth-order valence-corrected chi connectivity index (χ4v) is 3.01. The van der Waals surface area contributed by atoms with Gasteiger partial charge in [0.15, 0.2) is 0 Å². The zero-order chi connectivity index (χ0) is 11.5. The highest BCUT2D eigenvalue weighted by Gasteiger charge is 2.12. The lowest BCUT2D eigenvalue weighted by molar-refractivity contribution is 0.179. The summed E-state index contributed by atoms with van der Waals surface area (Å²) < 4.78 is 1.17. The largest absolute Gasteiger partial charge is 0.388 e. The van der Waals surface area contributed by atoms with E-state index < -0.39 is 6.10 Å². The number of aliphatic hydroxyl groups is 1. The Morgan fingerprint density at radius 1 is 1.56 bits per heavy atom. The van der Waals surface area contributed by atoms with Gasteiger partial charge in [0.2, 0.25) is 0 Å². The molecule has 0 fully saturated rings. The molecule has 0 spiro atoms. The molecule has 0 amide bonds. The fraction of sp³-hybridized carbons (Fsp3) is 0.182. The molecule has 0 radical (unpaired) electrons. The molecule has 0 aromatic carbocycles. The third kappa shape index (κ3) is 2.94. The Morgan fingerprint density at radius 2 is 2.38 bits per heavy atom. The van der Waals surface area contributed by atoms with Crippen LogP contribution in [0.25, 0.3) is 0 Å². The second-order valence-electron chi connectivity index (χ2n) is 3.37. The standard InChI is InChI=1S/C11H9ClINOS/c12-9-5-14-2-1-7(9)3-10(15)8-4-11(13)16-6-8/h1-2,4-6,10,15H,3H2. The van der Waals surface area contributed by atoms with Crippen molar-refractivity contribution < 1.29 is 5.11 Å². The van der Waals surface area contributed by atoms with Crippen LogP contribution < -0.4 is 0 Å². The molecule has 0 aliphatic carbocycles. The van der Waals surface area contributed by atoms with Gasteiger partial charge in [-0.1, -0.05) is 11.6 Å². The number of aliphatic hydroxyl groups excluding tert-OH is 1. The number of hydrogen-bond acceptors (Lipinski definition) is 3. The quantitative estimate of drug-likeness (QED) is 0.842. The van der Waals surface area contributed by atoms with E-state index in [4.69, 9.17) is 11.6 Å². The smallest absolute Gasteiger partial charge is 0.0839 e. The number of rotatable bonds is 3. The molecule has 2 heterocycles.